The summed E-state index contributed by atoms with van der Waals surface area (Å²) in [6.07, 6.45) is 6.16. The van der Waals surface area contributed by atoms with Gasteiger partial charge < -0.3 is 14.7 Å². The van der Waals surface area contributed by atoms with Gasteiger partial charge in [0.15, 0.2) is 5.82 Å². The molecule has 1 aromatic carbocycles. The van der Waals surface area contributed by atoms with Gasteiger partial charge in [-0.25, -0.2) is 14.4 Å². The average Bonchev–Trinajstić information content (AvgIpc) is 3.32. The van der Waals surface area contributed by atoms with Crippen LogP contribution in [0.4, 0.5) is 10.2 Å². The van der Waals surface area contributed by atoms with Crippen LogP contribution in [0.25, 0.3) is 22.2 Å². The first-order valence-corrected chi connectivity index (χ1v) is 9.64. The zero-order valence-electron chi connectivity index (χ0n) is 15.8. The van der Waals surface area contributed by atoms with Gasteiger partial charge in [-0.1, -0.05) is 29.8 Å². The van der Waals surface area contributed by atoms with Crippen LogP contribution in [0.15, 0.2) is 66.1 Å². The standard InChI is InChI=1S/C21H16ClFN6O/c1-12(27-20-17-15(23)9-24-19(17)25-11-26-20)16-10-28-8-7-14(22)18(28)21(30)29(16)13-5-3-2-4-6-13/h2-12H,1H3,(H2,24,25,26,27). The molecule has 0 amide bonds. The number of benzene rings is 1. The molecule has 4 aromatic heterocycles. The third-order valence-corrected chi connectivity index (χ3v) is 5.34. The van der Waals surface area contributed by atoms with Crippen molar-refractivity contribution in [3.8, 4) is 5.69 Å². The summed E-state index contributed by atoms with van der Waals surface area (Å²) >= 11 is 6.26. The maximum Gasteiger partial charge on any atom is 0.281 e. The second-order valence-corrected chi connectivity index (χ2v) is 7.31. The minimum Gasteiger partial charge on any atom is -0.361 e. The maximum absolute atomic E-state index is 14.3. The Morgan fingerprint density at radius 1 is 1.20 bits per heavy atom. The highest BCUT2D eigenvalue weighted by Crippen LogP contribution is 2.27. The Bertz CT molecular complexity index is 1440. The van der Waals surface area contributed by atoms with Crippen LogP contribution in [0.5, 0.6) is 0 Å². The number of nitrogens with zero attached hydrogens (tertiary/aromatic N) is 4. The lowest BCUT2D eigenvalue weighted by atomic mass is 10.2. The number of rotatable bonds is 4. The molecule has 0 aliphatic carbocycles. The molecule has 4 heterocycles. The highest BCUT2D eigenvalue weighted by Gasteiger charge is 2.20. The minimum absolute atomic E-state index is 0.247. The highest BCUT2D eigenvalue weighted by atomic mass is 35.5. The Balaban J connectivity index is 1.69. The van der Waals surface area contributed by atoms with Crippen molar-refractivity contribution in [2.24, 2.45) is 0 Å². The molecule has 0 aliphatic heterocycles. The van der Waals surface area contributed by atoms with E-state index in [-0.39, 0.29) is 10.9 Å². The van der Waals surface area contributed by atoms with Crippen molar-refractivity contribution in [2.75, 3.05) is 5.32 Å². The van der Waals surface area contributed by atoms with Crippen LogP contribution in [-0.4, -0.2) is 23.9 Å². The molecular weight excluding hydrogens is 407 g/mol. The normalized spacial score (nSPS) is 12.5. The van der Waals surface area contributed by atoms with Crippen LogP contribution in [0, 0.1) is 5.82 Å². The summed E-state index contributed by atoms with van der Waals surface area (Å²) in [6.45, 7) is 1.88. The molecule has 30 heavy (non-hydrogen) atoms. The number of hydrogen-bond acceptors (Lipinski definition) is 4. The van der Waals surface area contributed by atoms with Crippen molar-refractivity contribution in [3.63, 3.8) is 0 Å². The molecule has 0 spiro atoms. The fraction of sp³-hybridized carbons (Fsp3) is 0.0952. The van der Waals surface area contributed by atoms with E-state index in [2.05, 4.69) is 20.3 Å². The van der Waals surface area contributed by atoms with Crippen molar-refractivity contribution in [1.82, 2.24) is 23.9 Å². The van der Waals surface area contributed by atoms with Gasteiger partial charge in [-0.3, -0.25) is 9.36 Å². The minimum atomic E-state index is -0.451. The second kappa shape index (κ2) is 7.00. The molecular formula is C21H16ClFN6O. The summed E-state index contributed by atoms with van der Waals surface area (Å²) in [5.74, 6) is -0.114. The van der Waals surface area contributed by atoms with E-state index >= 15 is 0 Å². The summed E-state index contributed by atoms with van der Waals surface area (Å²) in [4.78, 5) is 24.4. The van der Waals surface area contributed by atoms with Gasteiger partial charge in [0, 0.05) is 24.3 Å². The number of aromatic nitrogens is 5. The predicted octanol–water partition coefficient (Wildman–Crippen LogP) is 4.33. The molecule has 0 radical (unpaired) electrons. The maximum atomic E-state index is 14.3. The number of anilines is 1. The van der Waals surface area contributed by atoms with E-state index in [1.165, 1.54) is 12.5 Å². The Morgan fingerprint density at radius 2 is 2.00 bits per heavy atom. The van der Waals surface area contributed by atoms with E-state index in [1.54, 1.807) is 21.2 Å². The topological polar surface area (TPSA) is 80.0 Å². The van der Waals surface area contributed by atoms with Crippen molar-refractivity contribution in [3.05, 3.63) is 88.2 Å². The van der Waals surface area contributed by atoms with Gasteiger partial charge in [-0.05, 0) is 25.1 Å². The fourth-order valence-corrected chi connectivity index (χ4v) is 3.86. The van der Waals surface area contributed by atoms with Crippen LogP contribution in [0.2, 0.25) is 5.02 Å². The van der Waals surface area contributed by atoms with Crippen molar-refractivity contribution in [1.29, 1.82) is 0 Å². The summed E-state index contributed by atoms with van der Waals surface area (Å²) < 4.78 is 17.6. The van der Waals surface area contributed by atoms with Gasteiger partial charge in [-0.2, -0.15) is 0 Å². The number of H-pyrrole nitrogens is 1. The lowest BCUT2D eigenvalue weighted by Gasteiger charge is -2.21. The lowest BCUT2D eigenvalue weighted by molar-refractivity contribution is 0.639. The van der Waals surface area contributed by atoms with Gasteiger partial charge >= 0.3 is 0 Å². The summed E-state index contributed by atoms with van der Waals surface area (Å²) in [7, 11) is 0. The molecule has 1 unspecified atom stereocenters. The third-order valence-electron chi connectivity index (χ3n) is 5.03. The quantitative estimate of drug-likeness (QED) is 0.452. The molecule has 7 nitrogen and oxygen atoms in total. The van der Waals surface area contributed by atoms with Crippen LogP contribution in [-0.2, 0) is 0 Å². The summed E-state index contributed by atoms with van der Waals surface area (Å²) in [5, 5.41) is 3.87. The molecule has 0 bridgehead atoms. The Morgan fingerprint density at radius 3 is 2.80 bits per heavy atom. The van der Waals surface area contributed by atoms with Crippen molar-refractivity contribution in [2.45, 2.75) is 13.0 Å². The number of hydrogen-bond donors (Lipinski definition) is 2. The third kappa shape index (κ3) is 2.84. The van der Waals surface area contributed by atoms with E-state index in [9.17, 15) is 9.18 Å². The highest BCUT2D eigenvalue weighted by molar-refractivity contribution is 6.33. The monoisotopic (exact) mass is 422 g/mol. The van der Waals surface area contributed by atoms with Crippen LogP contribution < -0.4 is 10.9 Å². The number of para-hydroxylation sites is 1. The van der Waals surface area contributed by atoms with E-state index < -0.39 is 11.9 Å². The predicted molar refractivity (Wildman–Crippen MR) is 114 cm³/mol. The zero-order chi connectivity index (χ0) is 20.8. The molecule has 2 N–H and O–H groups in total. The number of nitrogens with one attached hydrogen (secondary N) is 2. The Hall–Kier alpha value is -3.65. The molecule has 5 rings (SSSR count). The number of aromatic amines is 1. The van der Waals surface area contributed by atoms with Gasteiger partial charge in [0.05, 0.1) is 22.1 Å². The first-order valence-electron chi connectivity index (χ1n) is 9.26. The summed E-state index contributed by atoms with van der Waals surface area (Å²) in [5.41, 5.74) is 1.89. The molecule has 150 valence electrons. The van der Waals surface area contributed by atoms with E-state index in [1.807, 2.05) is 43.5 Å². The fourth-order valence-electron chi connectivity index (χ4n) is 3.63. The molecule has 5 aromatic rings. The molecule has 0 saturated heterocycles. The molecule has 1 atom stereocenters. The van der Waals surface area contributed by atoms with Gasteiger partial charge in [0.1, 0.15) is 23.3 Å². The molecule has 0 fully saturated rings. The van der Waals surface area contributed by atoms with Crippen molar-refractivity contribution >= 4 is 34.0 Å². The van der Waals surface area contributed by atoms with Crippen LogP contribution in [0.3, 0.4) is 0 Å². The summed E-state index contributed by atoms with van der Waals surface area (Å²) in [6, 6.07) is 10.6. The van der Waals surface area contributed by atoms with E-state index in [4.69, 9.17) is 11.6 Å². The Labute approximate surface area is 174 Å². The van der Waals surface area contributed by atoms with Crippen molar-refractivity contribution < 1.29 is 4.39 Å². The SMILES string of the molecule is CC(Nc1ncnc2[nH]cc(F)c12)c1cn2ccc(Cl)c2c(=O)n1-c1ccccc1. The smallest absolute Gasteiger partial charge is 0.281 e. The number of fused-ring (bicyclic) bond motifs is 2. The largest absolute Gasteiger partial charge is 0.361 e. The molecule has 9 heteroatoms. The number of halogens is 2. The first-order chi connectivity index (χ1) is 14.5. The van der Waals surface area contributed by atoms with Crippen LogP contribution >= 0.6 is 11.6 Å². The van der Waals surface area contributed by atoms with Gasteiger partial charge in [-0.15, -0.1) is 0 Å². The Kier molecular flexibility index (Phi) is 4.29. The van der Waals surface area contributed by atoms with E-state index in [0.717, 1.165) is 0 Å². The zero-order valence-corrected chi connectivity index (χ0v) is 16.6. The average molecular weight is 423 g/mol. The first kappa shape index (κ1) is 18.4. The van der Waals surface area contributed by atoms with Crippen LogP contribution in [0.1, 0.15) is 18.7 Å². The lowest BCUT2D eigenvalue weighted by Crippen LogP contribution is -2.27. The molecule has 0 aliphatic rings. The van der Waals surface area contributed by atoms with Gasteiger partial charge in [0.2, 0.25) is 0 Å². The van der Waals surface area contributed by atoms with Gasteiger partial charge in [0.25, 0.3) is 5.56 Å². The second-order valence-electron chi connectivity index (χ2n) is 6.90. The van der Waals surface area contributed by atoms with E-state index in [0.29, 0.717) is 33.4 Å². The molecule has 0 saturated carbocycles.